The first-order valence-corrected chi connectivity index (χ1v) is 9.92. The van der Waals surface area contributed by atoms with Gasteiger partial charge in [0.05, 0.1) is 7.11 Å². The summed E-state index contributed by atoms with van der Waals surface area (Å²) in [7, 11) is 1.44. The highest BCUT2D eigenvalue weighted by atomic mass is 16.5. The number of esters is 1. The minimum Gasteiger partial charge on any atom is -0.469 e. The molecule has 0 amide bonds. The molecule has 1 aromatic carbocycles. The number of ketones is 1. The molecule has 140 valence electrons. The van der Waals surface area contributed by atoms with E-state index in [4.69, 9.17) is 10.5 Å². The quantitative estimate of drug-likeness (QED) is 0.660. The largest absolute Gasteiger partial charge is 0.469 e. The number of rotatable bonds is 3. The van der Waals surface area contributed by atoms with Crippen LogP contribution in [0, 0.1) is 23.2 Å². The van der Waals surface area contributed by atoms with Crippen molar-refractivity contribution in [2.24, 2.45) is 23.2 Å². The number of Topliss-reactive ketones (excluding diaryl/α,β-unsaturated/α-hetero) is 1. The van der Waals surface area contributed by atoms with Gasteiger partial charge < -0.3 is 10.5 Å². The molecule has 0 heterocycles. The number of nitrogens with two attached hydrogens (primary N) is 1. The Morgan fingerprint density at radius 2 is 2.15 bits per heavy atom. The topological polar surface area (TPSA) is 69.4 Å². The van der Waals surface area contributed by atoms with Crippen LogP contribution < -0.4 is 5.73 Å². The summed E-state index contributed by atoms with van der Waals surface area (Å²) in [5.74, 6) is 2.03. The summed E-state index contributed by atoms with van der Waals surface area (Å²) in [4.78, 5) is 24.5. The molecule has 2 fully saturated rings. The lowest BCUT2D eigenvalue weighted by atomic mass is 9.54. The lowest BCUT2D eigenvalue weighted by Gasteiger charge is -2.50. The van der Waals surface area contributed by atoms with Gasteiger partial charge in [0.2, 0.25) is 0 Å². The molecular weight excluding hydrogens is 326 g/mol. The number of hydrogen-bond acceptors (Lipinski definition) is 4. The van der Waals surface area contributed by atoms with Gasteiger partial charge in [0.15, 0.2) is 0 Å². The van der Waals surface area contributed by atoms with Gasteiger partial charge in [-0.2, -0.15) is 0 Å². The van der Waals surface area contributed by atoms with Crippen LogP contribution in [0.3, 0.4) is 0 Å². The molecule has 4 nitrogen and oxygen atoms in total. The summed E-state index contributed by atoms with van der Waals surface area (Å²) >= 11 is 0. The zero-order valence-electron chi connectivity index (χ0n) is 15.8. The summed E-state index contributed by atoms with van der Waals surface area (Å²) in [5, 5.41) is 0. The van der Waals surface area contributed by atoms with Crippen LogP contribution in [-0.2, 0) is 20.7 Å². The van der Waals surface area contributed by atoms with Crippen LogP contribution in [0.15, 0.2) is 18.2 Å². The lowest BCUT2D eigenvalue weighted by Crippen LogP contribution is -2.44. The van der Waals surface area contributed by atoms with Gasteiger partial charge >= 0.3 is 5.97 Å². The number of nitrogen functional groups attached to an aromatic ring is 1. The Bertz CT molecular complexity index is 743. The van der Waals surface area contributed by atoms with Crippen LogP contribution in [0.4, 0.5) is 5.69 Å². The second kappa shape index (κ2) is 6.40. The van der Waals surface area contributed by atoms with Crippen LogP contribution in [0.5, 0.6) is 0 Å². The van der Waals surface area contributed by atoms with Gasteiger partial charge in [-0.15, -0.1) is 0 Å². The van der Waals surface area contributed by atoms with Crippen molar-refractivity contribution in [1.29, 1.82) is 0 Å². The molecular formula is C22H29NO3. The predicted octanol–water partition coefficient (Wildman–Crippen LogP) is 3.87. The summed E-state index contributed by atoms with van der Waals surface area (Å²) in [5.41, 5.74) is 9.47. The second-order valence-corrected chi connectivity index (χ2v) is 8.75. The van der Waals surface area contributed by atoms with E-state index in [1.54, 1.807) is 0 Å². The van der Waals surface area contributed by atoms with Crippen molar-refractivity contribution in [1.82, 2.24) is 0 Å². The fourth-order valence-electron chi connectivity index (χ4n) is 6.33. The lowest BCUT2D eigenvalue weighted by molar-refractivity contribution is -0.141. The number of fused-ring (bicyclic) bond motifs is 5. The van der Waals surface area contributed by atoms with Crippen LogP contribution in [0.1, 0.15) is 62.5 Å². The first-order valence-electron chi connectivity index (χ1n) is 9.92. The first-order chi connectivity index (χ1) is 12.4. The average Bonchev–Trinajstić information content (AvgIpc) is 2.89. The number of carbonyl (C=O) groups is 2. The summed E-state index contributed by atoms with van der Waals surface area (Å²) in [6.45, 7) is 2.19. The molecule has 0 bridgehead atoms. The van der Waals surface area contributed by atoms with Gasteiger partial charge in [0.1, 0.15) is 5.78 Å². The van der Waals surface area contributed by atoms with Crippen molar-refractivity contribution in [3.63, 3.8) is 0 Å². The Labute approximate surface area is 155 Å². The predicted molar refractivity (Wildman–Crippen MR) is 101 cm³/mol. The van der Waals surface area contributed by atoms with E-state index in [1.807, 2.05) is 6.07 Å². The molecule has 5 unspecified atom stereocenters. The standard InChI is InChI=1S/C22H29NO3/c1-22-10-9-17-16-7-5-15(23)11-13(16)3-6-18(17)21(22)14(12-19(22)24)4-8-20(25)26-2/h5,7,11,14,17-18,21H,3-4,6,8-10,12,23H2,1-2H3. The van der Waals surface area contributed by atoms with Gasteiger partial charge in [-0.1, -0.05) is 13.0 Å². The van der Waals surface area contributed by atoms with Crippen LogP contribution in [0.25, 0.3) is 0 Å². The number of hydrogen-bond donors (Lipinski definition) is 1. The van der Waals surface area contributed by atoms with E-state index in [0.29, 0.717) is 42.3 Å². The normalized spacial score (nSPS) is 35.4. The van der Waals surface area contributed by atoms with Gasteiger partial charge in [0, 0.05) is 23.9 Å². The van der Waals surface area contributed by atoms with Gasteiger partial charge in [-0.25, -0.2) is 0 Å². The number of aryl methyl sites for hydroxylation is 1. The van der Waals surface area contributed by atoms with Crippen LogP contribution >= 0.6 is 0 Å². The van der Waals surface area contributed by atoms with E-state index in [0.717, 1.165) is 37.8 Å². The van der Waals surface area contributed by atoms with Crippen molar-refractivity contribution in [3.05, 3.63) is 29.3 Å². The Kier molecular flexibility index (Phi) is 4.32. The Morgan fingerprint density at radius 1 is 1.35 bits per heavy atom. The maximum Gasteiger partial charge on any atom is 0.305 e. The van der Waals surface area contributed by atoms with E-state index in [9.17, 15) is 9.59 Å². The molecule has 3 aliphatic carbocycles. The smallest absolute Gasteiger partial charge is 0.305 e. The molecule has 2 saturated carbocycles. The highest BCUT2D eigenvalue weighted by Gasteiger charge is 2.58. The second-order valence-electron chi connectivity index (χ2n) is 8.75. The maximum atomic E-state index is 12.9. The van der Waals surface area contributed by atoms with Crippen LogP contribution in [0.2, 0.25) is 0 Å². The molecule has 0 radical (unpaired) electrons. The fourth-order valence-corrected chi connectivity index (χ4v) is 6.33. The number of anilines is 1. The third-order valence-electron chi connectivity index (χ3n) is 7.54. The number of carbonyl (C=O) groups excluding carboxylic acids is 2. The SMILES string of the molecule is COC(=O)CCC1CC(=O)C2(C)CCC3c4ccc(N)cc4CCC3C12. The minimum atomic E-state index is -0.201. The molecule has 4 heteroatoms. The average molecular weight is 355 g/mol. The third-order valence-corrected chi connectivity index (χ3v) is 7.54. The molecule has 2 N–H and O–H groups in total. The summed E-state index contributed by atoms with van der Waals surface area (Å²) in [6, 6.07) is 6.36. The van der Waals surface area contributed by atoms with Crippen LogP contribution in [-0.4, -0.2) is 18.9 Å². The number of benzene rings is 1. The van der Waals surface area contributed by atoms with E-state index in [-0.39, 0.29) is 11.4 Å². The monoisotopic (exact) mass is 355 g/mol. The summed E-state index contributed by atoms with van der Waals surface area (Å²) < 4.78 is 4.83. The molecule has 0 aliphatic heterocycles. The zero-order valence-corrected chi connectivity index (χ0v) is 15.8. The van der Waals surface area contributed by atoms with Gasteiger partial charge in [0.25, 0.3) is 0 Å². The number of ether oxygens (including phenoxy) is 1. The highest BCUT2D eigenvalue weighted by molar-refractivity contribution is 5.87. The molecule has 5 atom stereocenters. The van der Waals surface area contributed by atoms with Crippen molar-refractivity contribution >= 4 is 17.4 Å². The summed E-state index contributed by atoms with van der Waals surface area (Å²) in [6.07, 6.45) is 6.06. The highest BCUT2D eigenvalue weighted by Crippen LogP contribution is 2.62. The number of methoxy groups -OCH3 is 1. The Balaban J connectivity index is 1.63. The van der Waals surface area contributed by atoms with Gasteiger partial charge in [-0.3, -0.25) is 9.59 Å². The molecule has 26 heavy (non-hydrogen) atoms. The molecule has 3 aliphatic rings. The van der Waals surface area contributed by atoms with E-state index < -0.39 is 0 Å². The first kappa shape index (κ1) is 17.6. The van der Waals surface area contributed by atoms with E-state index >= 15 is 0 Å². The molecule has 0 saturated heterocycles. The zero-order chi connectivity index (χ0) is 18.5. The fraction of sp³-hybridized carbons (Fsp3) is 0.636. The molecule has 4 rings (SSSR count). The van der Waals surface area contributed by atoms with E-state index in [2.05, 4.69) is 19.1 Å². The van der Waals surface area contributed by atoms with Crippen molar-refractivity contribution in [2.75, 3.05) is 12.8 Å². The molecule has 1 aromatic rings. The van der Waals surface area contributed by atoms with Crippen molar-refractivity contribution in [3.8, 4) is 0 Å². The minimum absolute atomic E-state index is 0.164. The van der Waals surface area contributed by atoms with E-state index in [1.165, 1.54) is 18.2 Å². The van der Waals surface area contributed by atoms with Gasteiger partial charge in [-0.05, 0) is 79.0 Å². The van der Waals surface area contributed by atoms with Crippen molar-refractivity contribution in [2.45, 2.75) is 57.8 Å². The Hall–Kier alpha value is -1.84. The van der Waals surface area contributed by atoms with Crippen molar-refractivity contribution < 1.29 is 14.3 Å². The maximum absolute atomic E-state index is 12.9. The molecule has 0 spiro atoms. The molecule has 0 aromatic heterocycles. The third kappa shape index (κ3) is 2.65. The Morgan fingerprint density at radius 3 is 2.92 bits per heavy atom.